The lowest BCUT2D eigenvalue weighted by atomic mass is 9.95. The van der Waals surface area contributed by atoms with E-state index in [0.717, 1.165) is 39.0 Å². The van der Waals surface area contributed by atoms with Gasteiger partial charge in [-0.25, -0.2) is 0 Å². The molecule has 9 rings (SSSR count). The first kappa shape index (κ1) is 26.3. The molecule has 0 aliphatic heterocycles. The summed E-state index contributed by atoms with van der Waals surface area (Å²) in [6.07, 6.45) is 0. The van der Waals surface area contributed by atoms with E-state index in [0.29, 0.717) is 0 Å². The standard InChI is InChI=1S/C44H29NO/c1-3-16-37-31(10-1)12-8-19-38(37)34-15-7-14-33(28-34)30-22-24-35(25-23-30)45(42-20-9-13-32-11-2-4-17-39(32)42)36-26-27-41-40-18-5-6-21-43(40)46-44(41)29-36/h1-29H. The SMILES string of the molecule is c1cc(-c2ccc(N(c3ccc4c(c3)oc3ccccc34)c3cccc4ccccc34)cc2)cc(-c2cccc3ccccc23)c1. The molecule has 8 aromatic carbocycles. The van der Waals surface area contributed by atoms with Crippen LogP contribution in [0.2, 0.25) is 0 Å². The number of fused-ring (bicyclic) bond motifs is 5. The molecule has 0 saturated carbocycles. The summed E-state index contributed by atoms with van der Waals surface area (Å²) in [6.45, 7) is 0. The van der Waals surface area contributed by atoms with Crippen LogP contribution in [0.4, 0.5) is 17.1 Å². The average molecular weight is 588 g/mol. The molecule has 1 aromatic heterocycles. The number of benzene rings is 8. The molecule has 2 heteroatoms. The predicted octanol–water partition coefficient (Wildman–Crippen LogP) is 12.7. The molecule has 0 amide bonds. The molecule has 46 heavy (non-hydrogen) atoms. The Bertz CT molecular complexity index is 2530. The van der Waals surface area contributed by atoms with Gasteiger partial charge in [-0.05, 0) is 80.9 Å². The van der Waals surface area contributed by atoms with Crippen molar-refractivity contribution in [3.8, 4) is 22.3 Å². The molecule has 0 aliphatic carbocycles. The number of para-hydroxylation sites is 1. The van der Waals surface area contributed by atoms with Crippen molar-refractivity contribution in [2.45, 2.75) is 0 Å². The molecule has 0 saturated heterocycles. The van der Waals surface area contributed by atoms with Gasteiger partial charge in [0.15, 0.2) is 0 Å². The highest BCUT2D eigenvalue weighted by Gasteiger charge is 2.18. The summed E-state index contributed by atoms with van der Waals surface area (Å²) in [6, 6.07) is 62.8. The van der Waals surface area contributed by atoms with Crippen LogP contribution in [0.25, 0.3) is 65.7 Å². The second-order valence-electron chi connectivity index (χ2n) is 11.8. The largest absolute Gasteiger partial charge is 0.456 e. The lowest BCUT2D eigenvalue weighted by molar-refractivity contribution is 0.669. The van der Waals surface area contributed by atoms with Gasteiger partial charge in [0.25, 0.3) is 0 Å². The Kier molecular flexibility index (Phi) is 6.17. The van der Waals surface area contributed by atoms with Crippen LogP contribution >= 0.6 is 0 Å². The van der Waals surface area contributed by atoms with Gasteiger partial charge in [0.1, 0.15) is 11.2 Å². The minimum atomic E-state index is 0.880. The maximum atomic E-state index is 6.33. The number of rotatable bonds is 5. The molecule has 0 N–H and O–H groups in total. The normalized spacial score (nSPS) is 11.5. The average Bonchev–Trinajstić information content (AvgIpc) is 3.50. The van der Waals surface area contributed by atoms with Crippen LogP contribution in [0.15, 0.2) is 180 Å². The number of furan rings is 1. The summed E-state index contributed by atoms with van der Waals surface area (Å²) in [5.41, 5.74) is 9.88. The first-order chi connectivity index (χ1) is 22.8. The van der Waals surface area contributed by atoms with E-state index in [1.807, 2.05) is 12.1 Å². The van der Waals surface area contributed by atoms with Crippen LogP contribution in [0.1, 0.15) is 0 Å². The minimum Gasteiger partial charge on any atom is -0.456 e. The van der Waals surface area contributed by atoms with Gasteiger partial charge in [-0.2, -0.15) is 0 Å². The van der Waals surface area contributed by atoms with Crippen molar-refractivity contribution in [3.05, 3.63) is 176 Å². The maximum absolute atomic E-state index is 6.33. The highest BCUT2D eigenvalue weighted by Crippen LogP contribution is 2.42. The minimum absolute atomic E-state index is 0.880. The molecule has 0 unspecified atom stereocenters. The van der Waals surface area contributed by atoms with E-state index >= 15 is 0 Å². The van der Waals surface area contributed by atoms with Crippen LogP contribution in [0.3, 0.4) is 0 Å². The highest BCUT2D eigenvalue weighted by molar-refractivity contribution is 6.07. The molecular weight excluding hydrogens is 558 g/mol. The third-order valence-corrected chi connectivity index (χ3v) is 9.05. The molecule has 0 radical (unpaired) electrons. The van der Waals surface area contributed by atoms with Crippen LogP contribution in [-0.2, 0) is 0 Å². The molecule has 9 aromatic rings. The highest BCUT2D eigenvalue weighted by atomic mass is 16.3. The molecule has 1 heterocycles. The molecule has 2 nitrogen and oxygen atoms in total. The van der Waals surface area contributed by atoms with E-state index in [1.165, 1.54) is 43.8 Å². The van der Waals surface area contributed by atoms with Crippen molar-refractivity contribution < 1.29 is 4.42 Å². The second-order valence-corrected chi connectivity index (χ2v) is 11.8. The Balaban J connectivity index is 1.16. The Morgan fingerprint density at radius 3 is 1.80 bits per heavy atom. The molecule has 0 aliphatic rings. The Labute approximate surface area is 267 Å². The summed E-state index contributed by atoms with van der Waals surface area (Å²) in [7, 11) is 0. The van der Waals surface area contributed by atoms with Gasteiger partial charge in [-0.3, -0.25) is 0 Å². The summed E-state index contributed by atoms with van der Waals surface area (Å²) < 4.78 is 6.33. The van der Waals surface area contributed by atoms with Crippen molar-refractivity contribution in [1.82, 2.24) is 0 Å². The van der Waals surface area contributed by atoms with Crippen molar-refractivity contribution >= 4 is 60.5 Å². The maximum Gasteiger partial charge on any atom is 0.137 e. The third kappa shape index (κ3) is 4.43. The van der Waals surface area contributed by atoms with Gasteiger partial charge in [0.05, 0.1) is 5.69 Å². The predicted molar refractivity (Wildman–Crippen MR) is 194 cm³/mol. The Morgan fingerprint density at radius 2 is 0.957 bits per heavy atom. The zero-order valence-corrected chi connectivity index (χ0v) is 25.1. The number of anilines is 3. The fraction of sp³-hybridized carbons (Fsp3) is 0. The van der Waals surface area contributed by atoms with Crippen LogP contribution in [-0.4, -0.2) is 0 Å². The summed E-state index contributed by atoms with van der Waals surface area (Å²) in [5, 5.41) is 7.18. The molecule has 0 fully saturated rings. The first-order valence-electron chi connectivity index (χ1n) is 15.7. The van der Waals surface area contributed by atoms with Gasteiger partial charge in [0, 0.05) is 33.6 Å². The van der Waals surface area contributed by atoms with E-state index in [1.54, 1.807) is 0 Å². The van der Waals surface area contributed by atoms with Gasteiger partial charge in [-0.15, -0.1) is 0 Å². The van der Waals surface area contributed by atoms with Crippen molar-refractivity contribution in [1.29, 1.82) is 0 Å². The van der Waals surface area contributed by atoms with Crippen molar-refractivity contribution in [3.63, 3.8) is 0 Å². The van der Waals surface area contributed by atoms with Gasteiger partial charge in [-0.1, -0.05) is 127 Å². The molecular formula is C44H29NO. The third-order valence-electron chi connectivity index (χ3n) is 9.05. The van der Waals surface area contributed by atoms with Crippen LogP contribution < -0.4 is 4.90 Å². The molecule has 0 bridgehead atoms. The van der Waals surface area contributed by atoms with E-state index in [2.05, 4.69) is 169 Å². The Morgan fingerprint density at radius 1 is 0.348 bits per heavy atom. The lowest BCUT2D eigenvalue weighted by Gasteiger charge is -2.27. The van der Waals surface area contributed by atoms with E-state index < -0.39 is 0 Å². The zero-order chi connectivity index (χ0) is 30.5. The quantitative estimate of drug-likeness (QED) is 0.199. The van der Waals surface area contributed by atoms with Crippen molar-refractivity contribution in [2.24, 2.45) is 0 Å². The van der Waals surface area contributed by atoms with E-state index in [-0.39, 0.29) is 0 Å². The van der Waals surface area contributed by atoms with Crippen LogP contribution in [0, 0.1) is 0 Å². The fourth-order valence-corrected chi connectivity index (χ4v) is 6.83. The van der Waals surface area contributed by atoms with Gasteiger partial charge in [0.2, 0.25) is 0 Å². The first-order valence-corrected chi connectivity index (χ1v) is 15.7. The van der Waals surface area contributed by atoms with Gasteiger partial charge < -0.3 is 9.32 Å². The van der Waals surface area contributed by atoms with Crippen LogP contribution in [0.5, 0.6) is 0 Å². The van der Waals surface area contributed by atoms with Crippen molar-refractivity contribution in [2.75, 3.05) is 4.90 Å². The summed E-state index contributed by atoms with van der Waals surface area (Å²) in [5.74, 6) is 0. The fourth-order valence-electron chi connectivity index (χ4n) is 6.83. The van der Waals surface area contributed by atoms with E-state index in [9.17, 15) is 0 Å². The van der Waals surface area contributed by atoms with E-state index in [4.69, 9.17) is 4.42 Å². The molecule has 0 atom stereocenters. The second kappa shape index (κ2) is 10.8. The Hall–Kier alpha value is -6.12. The zero-order valence-electron chi connectivity index (χ0n) is 25.1. The summed E-state index contributed by atoms with van der Waals surface area (Å²) >= 11 is 0. The van der Waals surface area contributed by atoms with Gasteiger partial charge >= 0.3 is 0 Å². The molecule has 216 valence electrons. The monoisotopic (exact) mass is 587 g/mol. The summed E-state index contributed by atoms with van der Waals surface area (Å²) in [4.78, 5) is 2.34. The number of nitrogens with zero attached hydrogens (tertiary/aromatic N) is 1. The smallest absolute Gasteiger partial charge is 0.137 e. The number of hydrogen-bond donors (Lipinski definition) is 0. The topological polar surface area (TPSA) is 16.4 Å². The molecule has 0 spiro atoms. The lowest BCUT2D eigenvalue weighted by Crippen LogP contribution is -2.10. The number of hydrogen-bond acceptors (Lipinski definition) is 2.